The van der Waals surface area contributed by atoms with Crippen LogP contribution in [0.1, 0.15) is 36.2 Å². The maximum atomic E-state index is 13.2. The van der Waals surface area contributed by atoms with Crippen LogP contribution < -0.4 is 9.46 Å². The highest BCUT2D eigenvalue weighted by molar-refractivity contribution is 7.92. The maximum Gasteiger partial charge on any atom is 0.280 e. The molecule has 32 heavy (non-hydrogen) atoms. The first-order valence-electron chi connectivity index (χ1n) is 10.2. The Bertz CT molecular complexity index is 1400. The Balaban J connectivity index is 1.97. The molecule has 1 N–H and O–H groups in total. The van der Waals surface area contributed by atoms with Crippen LogP contribution in [0.4, 0.5) is 5.69 Å². The molecule has 0 atom stereocenters. The monoisotopic (exact) mass is 470 g/mol. The summed E-state index contributed by atoms with van der Waals surface area (Å²) in [5, 5.41) is 0.774. The minimum Gasteiger partial charge on any atom is -0.497 e. The van der Waals surface area contributed by atoms with Gasteiger partial charge in [0.25, 0.3) is 10.0 Å². The second-order valence-electron chi connectivity index (χ2n) is 8.06. The van der Waals surface area contributed by atoms with Crippen molar-refractivity contribution in [1.82, 2.24) is 14.5 Å². The Labute approximate surface area is 192 Å². The number of hydrogen-bond donors (Lipinski definition) is 1. The Morgan fingerprint density at radius 1 is 1.16 bits per heavy atom. The average molecular weight is 471 g/mol. The van der Waals surface area contributed by atoms with Gasteiger partial charge >= 0.3 is 0 Å². The molecule has 0 unspecified atom stereocenters. The van der Waals surface area contributed by atoms with Crippen molar-refractivity contribution in [2.45, 2.75) is 38.6 Å². The predicted molar refractivity (Wildman–Crippen MR) is 129 cm³/mol. The molecule has 4 rings (SSSR count). The number of sulfonamides is 1. The first kappa shape index (κ1) is 22.3. The summed E-state index contributed by atoms with van der Waals surface area (Å²) in [6.45, 7) is 7.88. The van der Waals surface area contributed by atoms with Crippen molar-refractivity contribution >= 4 is 37.3 Å². The zero-order valence-electron chi connectivity index (χ0n) is 18.9. The van der Waals surface area contributed by atoms with E-state index in [1.165, 1.54) is 6.20 Å². The van der Waals surface area contributed by atoms with E-state index < -0.39 is 10.0 Å². The molecule has 0 aliphatic heterocycles. The molecule has 1 aromatic carbocycles. The molecule has 0 aliphatic carbocycles. The lowest BCUT2D eigenvalue weighted by Gasteiger charge is -2.13. The molecule has 9 heteroatoms. The molecular formula is C23H26N4O3S2. The summed E-state index contributed by atoms with van der Waals surface area (Å²) in [5.41, 5.74) is 3.17. The van der Waals surface area contributed by atoms with Crippen LogP contribution >= 0.6 is 11.3 Å². The number of rotatable bonds is 6. The Morgan fingerprint density at radius 3 is 2.53 bits per heavy atom. The number of ether oxygens (including phenoxy) is 1. The van der Waals surface area contributed by atoms with Gasteiger partial charge in [-0.25, -0.2) is 9.97 Å². The summed E-state index contributed by atoms with van der Waals surface area (Å²) < 4.78 is 36.3. The van der Waals surface area contributed by atoms with Gasteiger partial charge in [-0.05, 0) is 43.5 Å². The lowest BCUT2D eigenvalue weighted by molar-refractivity contribution is 0.415. The minimum absolute atomic E-state index is 0.0117. The topological polar surface area (TPSA) is 86.1 Å². The largest absolute Gasteiger partial charge is 0.497 e. The van der Waals surface area contributed by atoms with Crippen LogP contribution in [0, 0.1) is 13.8 Å². The number of anilines is 1. The molecule has 3 aromatic heterocycles. The smallest absolute Gasteiger partial charge is 0.280 e. The fraction of sp³-hybridized carbons (Fsp3) is 0.304. The SMILES string of the molecule is COc1cccc(-c2c(C(C)C)sc3nc(C)cc(NS(=O)(=O)c4cn(C)c(C)n4)c23)c1. The summed E-state index contributed by atoms with van der Waals surface area (Å²) in [6, 6.07) is 9.58. The summed E-state index contributed by atoms with van der Waals surface area (Å²) >= 11 is 1.59. The molecule has 0 radical (unpaired) electrons. The third kappa shape index (κ3) is 3.98. The van der Waals surface area contributed by atoms with Crippen molar-refractivity contribution in [1.29, 1.82) is 0 Å². The third-order valence-corrected chi connectivity index (χ3v) is 7.93. The highest BCUT2D eigenvalue weighted by Crippen LogP contribution is 2.46. The summed E-state index contributed by atoms with van der Waals surface area (Å²) in [4.78, 5) is 10.9. The number of aromatic nitrogens is 3. The number of imidazole rings is 1. The van der Waals surface area contributed by atoms with Crippen LogP contribution in [0.25, 0.3) is 21.3 Å². The summed E-state index contributed by atoms with van der Waals surface area (Å²) in [5.74, 6) is 1.59. The average Bonchev–Trinajstić information content (AvgIpc) is 3.28. The fourth-order valence-corrected chi connectivity index (χ4v) is 6.02. The van der Waals surface area contributed by atoms with Gasteiger partial charge in [0.1, 0.15) is 16.4 Å². The van der Waals surface area contributed by atoms with E-state index in [0.29, 0.717) is 11.5 Å². The molecule has 168 valence electrons. The lowest BCUT2D eigenvalue weighted by atomic mass is 9.97. The standard InChI is InChI=1S/C23H26N4O3S2/c1-13(2)22-20(16-8-7-9-17(11-16)30-6)21-18(10-14(3)24-23(21)31-22)26-32(28,29)19-12-27(5)15(4)25-19/h7-13H,1-6H3,(H,24,26). The van der Waals surface area contributed by atoms with Gasteiger partial charge in [0, 0.05) is 34.8 Å². The summed E-state index contributed by atoms with van der Waals surface area (Å²) in [7, 11) is -0.475. The molecule has 0 spiro atoms. The van der Waals surface area contributed by atoms with Crippen molar-refractivity contribution in [2.75, 3.05) is 11.8 Å². The van der Waals surface area contributed by atoms with Gasteiger partial charge in [0.05, 0.1) is 12.8 Å². The fourth-order valence-electron chi connectivity index (χ4n) is 3.64. The van der Waals surface area contributed by atoms with Gasteiger partial charge in [0.2, 0.25) is 0 Å². The van der Waals surface area contributed by atoms with Crippen LogP contribution in [-0.4, -0.2) is 30.1 Å². The van der Waals surface area contributed by atoms with Crippen molar-refractivity contribution in [2.24, 2.45) is 7.05 Å². The van der Waals surface area contributed by atoms with E-state index >= 15 is 0 Å². The molecule has 0 aliphatic rings. The quantitative estimate of drug-likeness (QED) is 0.416. The van der Waals surface area contributed by atoms with Gasteiger partial charge in [0.15, 0.2) is 5.03 Å². The first-order valence-corrected chi connectivity index (χ1v) is 12.5. The van der Waals surface area contributed by atoms with E-state index in [-0.39, 0.29) is 10.9 Å². The number of thiophene rings is 1. The zero-order valence-corrected chi connectivity index (χ0v) is 20.6. The van der Waals surface area contributed by atoms with Gasteiger partial charge in [-0.3, -0.25) is 4.72 Å². The molecule has 7 nitrogen and oxygen atoms in total. The van der Waals surface area contributed by atoms with E-state index in [1.807, 2.05) is 31.2 Å². The molecular weight excluding hydrogens is 444 g/mol. The van der Waals surface area contributed by atoms with E-state index in [9.17, 15) is 8.42 Å². The lowest BCUT2D eigenvalue weighted by Crippen LogP contribution is -2.14. The second kappa shape index (κ2) is 8.22. The normalized spacial score (nSPS) is 12.0. The van der Waals surface area contributed by atoms with Crippen molar-refractivity contribution in [3.8, 4) is 16.9 Å². The van der Waals surface area contributed by atoms with Gasteiger partial charge in [-0.15, -0.1) is 11.3 Å². The molecule has 3 heterocycles. The highest BCUT2D eigenvalue weighted by atomic mass is 32.2. The zero-order chi connectivity index (χ0) is 23.2. The first-order chi connectivity index (χ1) is 15.1. The highest BCUT2D eigenvalue weighted by Gasteiger charge is 2.25. The number of nitrogens with zero attached hydrogens (tertiary/aromatic N) is 3. The molecule has 0 bridgehead atoms. The predicted octanol–water partition coefficient (Wildman–Crippen LogP) is 5.25. The second-order valence-corrected chi connectivity index (χ2v) is 10.7. The number of fused-ring (bicyclic) bond motifs is 1. The number of nitrogens with one attached hydrogen (secondary N) is 1. The van der Waals surface area contributed by atoms with Crippen LogP contribution in [0.15, 0.2) is 41.6 Å². The van der Waals surface area contributed by atoms with Crippen LogP contribution in [0.3, 0.4) is 0 Å². The molecule has 0 saturated carbocycles. The summed E-state index contributed by atoms with van der Waals surface area (Å²) in [6.07, 6.45) is 1.51. The number of pyridine rings is 1. The number of benzene rings is 1. The van der Waals surface area contributed by atoms with Crippen molar-refractivity contribution in [3.63, 3.8) is 0 Å². The maximum absolute atomic E-state index is 13.2. The molecule has 4 aromatic rings. The minimum atomic E-state index is -3.88. The van der Waals surface area contributed by atoms with Crippen LogP contribution in [-0.2, 0) is 17.1 Å². The number of aryl methyl sites for hydroxylation is 3. The Kier molecular flexibility index (Phi) is 5.72. The van der Waals surface area contributed by atoms with Crippen molar-refractivity contribution < 1.29 is 13.2 Å². The van der Waals surface area contributed by atoms with E-state index in [0.717, 1.165) is 37.7 Å². The van der Waals surface area contributed by atoms with E-state index in [4.69, 9.17) is 9.72 Å². The third-order valence-electron chi connectivity index (χ3n) is 5.31. The van der Waals surface area contributed by atoms with E-state index in [1.54, 1.807) is 43.1 Å². The Hall–Kier alpha value is -2.91. The van der Waals surface area contributed by atoms with E-state index in [2.05, 4.69) is 23.6 Å². The van der Waals surface area contributed by atoms with Crippen molar-refractivity contribution in [3.05, 3.63) is 52.9 Å². The van der Waals surface area contributed by atoms with Crippen LogP contribution in [0.5, 0.6) is 5.75 Å². The van der Waals surface area contributed by atoms with Gasteiger partial charge < -0.3 is 9.30 Å². The number of hydrogen-bond acceptors (Lipinski definition) is 6. The van der Waals surface area contributed by atoms with Gasteiger partial charge in [-0.2, -0.15) is 8.42 Å². The number of methoxy groups -OCH3 is 1. The molecule has 0 amide bonds. The molecule has 0 saturated heterocycles. The van der Waals surface area contributed by atoms with Gasteiger partial charge in [-0.1, -0.05) is 26.0 Å². The molecule has 0 fully saturated rings. The van der Waals surface area contributed by atoms with Crippen LogP contribution in [0.2, 0.25) is 0 Å². The Morgan fingerprint density at radius 2 is 1.91 bits per heavy atom.